The highest BCUT2D eigenvalue weighted by Crippen LogP contribution is 2.24. The average Bonchev–Trinajstić information content (AvgIpc) is 3.26. The zero-order chi connectivity index (χ0) is 23.9. The third-order valence-corrected chi connectivity index (χ3v) is 5.88. The van der Waals surface area contributed by atoms with E-state index in [-0.39, 0.29) is 18.3 Å². The number of carbonyl (C=O) groups is 2. The van der Waals surface area contributed by atoms with Crippen LogP contribution in [0.15, 0.2) is 84.0 Å². The first-order valence-corrected chi connectivity index (χ1v) is 11.5. The van der Waals surface area contributed by atoms with Gasteiger partial charge in [0.15, 0.2) is 11.0 Å². The van der Waals surface area contributed by atoms with E-state index in [1.165, 1.54) is 11.8 Å². The van der Waals surface area contributed by atoms with Gasteiger partial charge in [-0.2, -0.15) is 0 Å². The van der Waals surface area contributed by atoms with Crippen molar-refractivity contribution in [3.63, 3.8) is 0 Å². The number of hydrogen-bond acceptors (Lipinski definition) is 6. The summed E-state index contributed by atoms with van der Waals surface area (Å²) in [5, 5.41) is 12.0. The molecule has 0 unspecified atom stereocenters. The summed E-state index contributed by atoms with van der Waals surface area (Å²) in [5.41, 5.74) is 8.11. The molecule has 2 amide bonds. The fourth-order valence-electron chi connectivity index (χ4n) is 3.23. The van der Waals surface area contributed by atoms with Gasteiger partial charge in [-0.1, -0.05) is 48.2 Å². The molecule has 0 atom stereocenters. The fourth-order valence-corrected chi connectivity index (χ4v) is 4.00. The van der Waals surface area contributed by atoms with Gasteiger partial charge in [-0.25, -0.2) is 0 Å². The minimum absolute atomic E-state index is 0.126. The van der Waals surface area contributed by atoms with E-state index in [1.807, 2.05) is 66.1 Å². The molecule has 4 aromatic rings. The van der Waals surface area contributed by atoms with Crippen LogP contribution < -0.4 is 15.8 Å². The monoisotopic (exact) mass is 473 g/mol. The highest BCUT2D eigenvalue weighted by atomic mass is 32.2. The van der Waals surface area contributed by atoms with Gasteiger partial charge in [0.25, 0.3) is 0 Å². The van der Waals surface area contributed by atoms with Crippen LogP contribution in [0.2, 0.25) is 0 Å². The summed E-state index contributed by atoms with van der Waals surface area (Å²) >= 11 is 1.27. The number of ether oxygens (including phenoxy) is 1. The van der Waals surface area contributed by atoms with Crippen molar-refractivity contribution in [2.75, 3.05) is 11.1 Å². The lowest BCUT2D eigenvalue weighted by Crippen LogP contribution is -2.15. The number of primary amides is 1. The van der Waals surface area contributed by atoms with E-state index >= 15 is 0 Å². The molecule has 0 aliphatic heterocycles. The summed E-state index contributed by atoms with van der Waals surface area (Å²) < 4.78 is 7.87. The average molecular weight is 474 g/mol. The highest BCUT2D eigenvalue weighted by molar-refractivity contribution is 7.99. The summed E-state index contributed by atoms with van der Waals surface area (Å²) in [5.74, 6) is 0.801. The molecule has 0 saturated carbocycles. The molecule has 34 heavy (non-hydrogen) atoms. The van der Waals surface area contributed by atoms with E-state index in [9.17, 15) is 9.59 Å². The van der Waals surface area contributed by atoms with Crippen molar-refractivity contribution in [1.82, 2.24) is 14.8 Å². The Bertz CT molecular complexity index is 1290. The molecule has 3 aromatic carbocycles. The Kier molecular flexibility index (Phi) is 7.24. The fraction of sp³-hybridized carbons (Fsp3) is 0.120. The zero-order valence-corrected chi connectivity index (χ0v) is 19.3. The molecule has 0 aliphatic carbocycles. The molecule has 0 spiro atoms. The second-order valence-electron chi connectivity index (χ2n) is 7.40. The number of rotatable bonds is 9. The number of nitrogens with zero attached hydrogens (tertiary/aromatic N) is 3. The molecular formula is C25H23N5O3S. The van der Waals surface area contributed by atoms with Gasteiger partial charge in [0.2, 0.25) is 11.8 Å². The SMILES string of the molecule is Cc1ccccc1OCc1nnc(SCC(=O)Nc2ccc(C(N)=O)cc2)n1-c1ccccc1. The third kappa shape index (κ3) is 5.62. The summed E-state index contributed by atoms with van der Waals surface area (Å²) in [4.78, 5) is 23.7. The molecule has 9 heteroatoms. The molecule has 172 valence electrons. The van der Waals surface area contributed by atoms with Crippen molar-refractivity contribution in [1.29, 1.82) is 0 Å². The molecule has 0 radical (unpaired) electrons. The quantitative estimate of drug-likeness (QED) is 0.356. The van der Waals surface area contributed by atoms with E-state index in [1.54, 1.807) is 24.3 Å². The predicted octanol–water partition coefficient (Wildman–Crippen LogP) is 3.98. The number of nitrogens with two attached hydrogens (primary N) is 1. The van der Waals surface area contributed by atoms with Gasteiger partial charge in [-0.3, -0.25) is 14.2 Å². The number of hydrogen-bond donors (Lipinski definition) is 2. The van der Waals surface area contributed by atoms with Gasteiger partial charge in [-0.15, -0.1) is 10.2 Å². The van der Waals surface area contributed by atoms with Gasteiger partial charge >= 0.3 is 0 Å². The maximum atomic E-state index is 12.5. The maximum absolute atomic E-state index is 12.5. The molecule has 0 aliphatic rings. The summed E-state index contributed by atoms with van der Waals surface area (Å²) in [6.07, 6.45) is 0. The lowest BCUT2D eigenvalue weighted by Gasteiger charge is -2.12. The second-order valence-corrected chi connectivity index (χ2v) is 8.34. The Hall–Kier alpha value is -4.11. The lowest BCUT2D eigenvalue weighted by molar-refractivity contribution is -0.113. The maximum Gasteiger partial charge on any atom is 0.248 e. The van der Waals surface area contributed by atoms with Crippen LogP contribution in [-0.4, -0.2) is 32.3 Å². The molecule has 8 nitrogen and oxygen atoms in total. The third-order valence-electron chi connectivity index (χ3n) is 4.95. The van der Waals surface area contributed by atoms with E-state index in [4.69, 9.17) is 10.5 Å². The van der Waals surface area contributed by atoms with E-state index in [2.05, 4.69) is 15.5 Å². The minimum atomic E-state index is -0.518. The van der Waals surface area contributed by atoms with E-state index < -0.39 is 5.91 Å². The van der Waals surface area contributed by atoms with Gasteiger partial charge in [-0.05, 0) is 55.0 Å². The largest absolute Gasteiger partial charge is 0.485 e. The number of aromatic nitrogens is 3. The van der Waals surface area contributed by atoms with Gasteiger partial charge in [0.1, 0.15) is 12.4 Å². The first kappa shape index (κ1) is 23.1. The van der Waals surface area contributed by atoms with Crippen LogP contribution in [0.3, 0.4) is 0 Å². The van der Waals surface area contributed by atoms with Crippen LogP contribution in [0.4, 0.5) is 5.69 Å². The topological polar surface area (TPSA) is 112 Å². The normalized spacial score (nSPS) is 10.6. The summed E-state index contributed by atoms with van der Waals surface area (Å²) in [6, 6.07) is 23.9. The molecule has 4 rings (SSSR count). The van der Waals surface area contributed by atoms with Crippen molar-refractivity contribution in [3.8, 4) is 11.4 Å². The smallest absolute Gasteiger partial charge is 0.248 e. The van der Waals surface area contributed by atoms with Crippen molar-refractivity contribution < 1.29 is 14.3 Å². The number of thioether (sulfide) groups is 1. The Balaban J connectivity index is 1.47. The van der Waals surface area contributed by atoms with Crippen molar-refractivity contribution in [2.45, 2.75) is 18.7 Å². The number of benzene rings is 3. The van der Waals surface area contributed by atoms with Crippen LogP contribution in [0.25, 0.3) is 5.69 Å². The molecule has 0 bridgehead atoms. The van der Waals surface area contributed by atoms with Crippen molar-refractivity contribution in [2.24, 2.45) is 5.73 Å². The number of carbonyl (C=O) groups excluding carboxylic acids is 2. The van der Waals surface area contributed by atoms with Gasteiger partial charge < -0.3 is 15.8 Å². The number of anilines is 1. The van der Waals surface area contributed by atoms with Crippen LogP contribution in [0, 0.1) is 6.92 Å². The minimum Gasteiger partial charge on any atom is -0.485 e. The standard InChI is InChI=1S/C25H23N5O3S/c1-17-7-5-6-10-21(17)33-15-22-28-29-25(30(22)20-8-3-2-4-9-20)34-16-23(31)27-19-13-11-18(12-14-19)24(26)32/h2-14H,15-16H2,1H3,(H2,26,32)(H,27,31). The summed E-state index contributed by atoms with van der Waals surface area (Å²) in [6.45, 7) is 2.21. The van der Waals surface area contributed by atoms with Crippen LogP contribution >= 0.6 is 11.8 Å². The number of amides is 2. The number of aryl methyl sites for hydroxylation is 1. The molecule has 3 N–H and O–H groups in total. The van der Waals surface area contributed by atoms with Crippen molar-refractivity contribution >= 4 is 29.3 Å². The van der Waals surface area contributed by atoms with Crippen LogP contribution in [0.1, 0.15) is 21.7 Å². The van der Waals surface area contributed by atoms with Crippen LogP contribution in [-0.2, 0) is 11.4 Å². The molecule has 1 heterocycles. The van der Waals surface area contributed by atoms with E-state index in [0.717, 1.165) is 17.0 Å². The molecule has 1 aromatic heterocycles. The van der Waals surface area contributed by atoms with Crippen molar-refractivity contribution in [3.05, 3.63) is 95.8 Å². The first-order chi connectivity index (χ1) is 16.5. The summed E-state index contributed by atoms with van der Waals surface area (Å²) in [7, 11) is 0. The predicted molar refractivity (Wildman–Crippen MR) is 131 cm³/mol. The van der Waals surface area contributed by atoms with Gasteiger partial charge in [0.05, 0.1) is 5.75 Å². The van der Waals surface area contributed by atoms with Gasteiger partial charge in [0, 0.05) is 16.9 Å². The molecule has 0 saturated heterocycles. The Labute approximate surface area is 201 Å². The van der Waals surface area contributed by atoms with Crippen LogP contribution in [0.5, 0.6) is 5.75 Å². The molecule has 0 fully saturated rings. The van der Waals surface area contributed by atoms with E-state index in [0.29, 0.717) is 22.2 Å². The Morgan fingerprint density at radius 1 is 0.971 bits per heavy atom. The lowest BCUT2D eigenvalue weighted by atomic mass is 10.2. The number of nitrogens with one attached hydrogen (secondary N) is 1. The Morgan fingerprint density at radius 3 is 2.38 bits per heavy atom. The zero-order valence-electron chi connectivity index (χ0n) is 18.5. The molecular weight excluding hydrogens is 450 g/mol. The number of para-hydroxylation sites is 2. The first-order valence-electron chi connectivity index (χ1n) is 10.5. The highest BCUT2D eigenvalue weighted by Gasteiger charge is 2.17. The second kappa shape index (κ2) is 10.7. The Morgan fingerprint density at radius 2 is 1.68 bits per heavy atom.